The number of aromatic nitrogens is 2. The number of halogens is 1. The smallest absolute Gasteiger partial charge is 0.253 e. The second kappa shape index (κ2) is 6.86. The van der Waals surface area contributed by atoms with E-state index in [2.05, 4.69) is 20.6 Å². The van der Waals surface area contributed by atoms with Crippen LogP contribution in [0.15, 0.2) is 36.8 Å². The van der Waals surface area contributed by atoms with Crippen LogP contribution in [0.1, 0.15) is 22.8 Å². The largest absolute Gasteiger partial charge is 0.370 e. The van der Waals surface area contributed by atoms with Gasteiger partial charge in [-0.3, -0.25) is 9.78 Å². The van der Waals surface area contributed by atoms with Crippen molar-refractivity contribution in [3.63, 3.8) is 0 Å². The van der Waals surface area contributed by atoms with E-state index < -0.39 is 0 Å². The monoisotopic (exact) mass is 290 g/mol. The minimum absolute atomic E-state index is 0.236. The van der Waals surface area contributed by atoms with E-state index in [4.69, 9.17) is 11.6 Å². The predicted octanol–water partition coefficient (Wildman–Crippen LogP) is 2.49. The van der Waals surface area contributed by atoms with Crippen LogP contribution in [0.3, 0.4) is 0 Å². The highest BCUT2D eigenvalue weighted by atomic mass is 35.5. The molecule has 1 amide bonds. The van der Waals surface area contributed by atoms with E-state index in [1.165, 1.54) is 6.20 Å². The third-order valence-electron chi connectivity index (χ3n) is 2.63. The number of anilines is 1. The fraction of sp³-hybridized carbons (Fsp3) is 0.214. The molecule has 6 heteroatoms. The molecule has 0 atom stereocenters. The Bertz CT molecular complexity index is 589. The molecule has 2 N–H and O–H groups in total. The van der Waals surface area contributed by atoms with Crippen LogP contribution in [0.25, 0.3) is 0 Å². The molecule has 0 aliphatic rings. The number of carbonyl (C=O) groups is 1. The summed E-state index contributed by atoms with van der Waals surface area (Å²) in [5.74, 6) is 0.392. The van der Waals surface area contributed by atoms with Gasteiger partial charge in [-0.15, -0.1) is 0 Å². The van der Waals surface area contributed by atoms with Crippen LogP contribution in [-0.2, 0) is 6.54 Å². The van der Waals surface area contributed by atoms with E-state index in [0.717, 1.165) is 12.1 Å². The second-order valence-corrected chi connectivity index (χ2v) is 4.53. The number of hydrogen-bond donors (Lipinski definition) is 2. The topological polar surface area (TPSA) is 66.9 Å². The lowest BCUT2D eigenvalue weighted by molar-refractivity contribution is 0.0951. The van der Waals surface area contributed by atoms with Crippen LogP contribution in [0.4, 0.5) is 5.82 Å². The van der Waals surface area contributed by atoms with E-state index in [1.807, 2.05) is 19.1 Å². The molecule has 0 aliphatic carbocycles. The number of nitrogens with one attached hydrogen (secondary N) is 2. The van der Waals surface area contributed by atoms with Gasteiger partial charge in [0.05, 0.1) is 10.6 Å². The highest BCUT2D eigenvalue weighted by Crippen LogP contribution is 2.18. The Morgan fingerprint density at radius 2 is 2.25 bits per heavy atom. The minimum Gasteiger partial charge on any atom is -0.370 e. The number of rotatable bonds is 5. The average molecular weight is 291 g/mol. The maximum Gasteiger partial charge on any atom is 0.253 e. The molecule has 2 aromatic heterocycles. The molecule has 0 spiro atoms. The van der Waals surface area contributed by atoms with Gasteiger partial charge in [0.2, 0.25) is 0 Å². The molecule has 0 saturated carbocycles. The van der Waals surface area contributed by atoms with E-state index in [-0.39, 0.29) is 5.91 Å². The average Bonchev–Trinajstić information content (AvgIpc) is 2.48. The molecule has 104 valence electrons. The molecule has 0 bridgehead atoms. The standard InChI is InChI=1S/C14H15ClN4O/c1-2-17-13-6-11(12(15)9-18-13)14(20)19-8-10-4-3-5-16-7-10/h3-7,9H,2,8H2,1H3,(H,17,18)(H,19,20). The zero-order valence-electron chi connectivity index (χ0n) is 11.1. The van der Waals surface area contributed by atoms with Gasteiger partial charge in [-0.1, -0.05) is 17.7 Å². The minimum atomic E-state index is -0.236. The molecule has 2 aromatic rings. The lowest BCUT2D eigenvalue weighted by atomic mass is 10.2. The molecular weight excluding hydrogens is 276 g/mol. The normalized spacial score (nSPS) is 10.1. The van der Waals surface area contributed by atoms with Crippen molar-refractivity contribution >= 4 is 23.3 Å². The summed E-state index contributed by atoms with van der Waals surface area (Å²) in [6.07, 6.45) is 4.87. The van der Waals surface area contributed by atoms with E-state index in [0.29, 0.717) is 22.9 Å². The first-order chi connectivity index (χ1) is 9.70. The van der Waals surface area contributed by atoms with Gasteiger partial charge in [0.25, 0.3) is 5.91 Å². The van der Waals surface area contributed by atoms with E-state index in [9.17, 15) is 4.79 Å². The molecule has 0 fully saturated rings. The van der Waals surface area contributed by atoms with Crippen molar-refractivity contribution in [2.24, 2.45) is 0 Å². The summed E-state index contributed by atoms with van der Waals surface area (Å²) in [5, 5.41) is 6.18. The van der Waals surface area contributed by atoms with Crippen LogP contribution in [0.2, 0.25) is 5.02 Å². The molecule has 0 unspecified atom stereocenters. The lowest BCUT2D eigenvalue weighted by Crippen LogP contribution is -2.23. The van der Waals surface area contributed by atoms with Gasteiger partial charge in [-0.2, -0.15) is 0 Å². The van der Waals surface area contributed by atoms with Crippen LogP contribution < -0.4 is 10.6 Å². The summed E-state index contributed by atoms with van der Waals surface area (Å²) in [4.78, 5) is 20.2. The van der Waals surface area contributed by atoms with Gasteiger partial charge in [0.1, 0.15) is 5.82 Å². The fourth-order valence-corrected chi connectivity index (χ4v) is 1.86. The fourth-order valence-electron chi connectivity index (χ4n) is 1.67. The van der Waals surface area contributed by atoms with E-state index >= 15 is 0 Å². The van der Waals surface area contributed by atoms with Gasteiger partial charge in [0.15, 0.2) is 0 Å². The van der Waals surface area contributed by atoms with Crippen molar-refractivity contribution in [2.75, 3.05) is 11.9 Å². The van der Waals surface area contributed by atoms with Gasteiger partial charge in [-0.05, 0) is 24.6 Å². The molecule has 0 aromatic carbocycles. The summed E-state index contributed by atoms with van der Waals surface area (Å²) in [5.41, 5.74) is 1.33. The molecule has 5 nitrogen and oxygen atoms in total. The number of nitrogens with zero attached hydrogens (tertiary/aromatic N) is 2. The Balaban J connectivity index is 2.06. The number of hydrogen-bond acceptors (Lipinski definition) is 4. The first kappa shape index (κ1) is 14.3. The highest BCUT2D eigenvalue weighted by molar-refractivity contribution is 6.33. The molecule has 0 radical (unpaired) electrons. The summed E-state index contributed by atoms with van der Waals surface area (Å²) in [6, 6.07) is 5.36. The maximum atomic E-state index is 12.1. The predicted molar refractivity (Wildman–Crippen MR) is 78.8 cm³/mol. The molecular formula is C14H15ClN4O. The van der Waals surface area contributed by atoms with Crippen molar-refractivity contribution < 1.29 is 4.79 Å². The molecule has 20 heavy (non-hydrogen) atoms. The SMILES string of the molecule is CCNc1cc(C(=O)NCc2cccnc2)c(Cl)cn1. The van der Waals surface area contributed by atoms with Crippen molar-refractivity contribution in [2.45, 2.75) is 13.5 Å². The van der Waals surface area contributed by atoms with Crippen molar-refractivity contribution in [3.05, 3.63) is 52.9 Å². The summed E-state index contributed by atoms with van der Waals surface area (Å²) < 4.78 is 0. The first-order valence-corrected chi connectivity index (χ1v) is 6.65. The van der Waals surface area contributed by atoms with Crippen molar-refractivity contribution in [1.29, 1.82) is 0 Å². The summed E-state index contributed by atoms with van der Waals surface area (Å²) >= 11 is 6.01. The van der Waals surface area contributed by atoms with Crippen molar-refractivity contribution in [1.82, 2.24) is 15.3 Å². The Kier molecular flexibility index (Phi) is 4.90. The quantitative estimate of drug-likeness (QED) is 0.888. The lowest BCUT2D eigenvalue weighted by Gasteiger charge is -2.08. The third kappa shape index (κ3) is 3.68. The van der Waals surface area contributed by atoms with Gasteiger partial charge in [-0.25, -0.2) is 4.98 Å². The van der Waals surface area contributed by atoms with Gasteiger partial charge >= 0.3 is 0 Å². The number of pyridine rings is 2. The Morgan fingerprint density at radius 3 is 2.95 bits per heavy atom. The Morgan fingerprint density at radius 1 is 1.40 bits per heavy atom. The zero-order valence-corrected chi connectivity index (χ0v) is 11.8. The van der Waals surface area contributed by atoms with Crippen LogP contribution >= 0.6 is 11.6 Å². The maximum absolute atomic E-state index is 12.1. The summed E-state index contributed by atoms with van der Waals surface area (Å²) in [7, 11) is 0. The van der Waals surface area contributed by atoms with Crippen LogP contribution in [0.5, 0.6) is 0 Å². The molecule has 0 aliphatic heterocycles. The zero-order chi connectivity index (χ0) is 14.4. The van der Waals surface area contributed by atoms with Gasteiger partial charge in [0, 0.05) is 31.7 Å². The third-order valence-corrected chi connectivity index (χ3v) is 2.93. The van der Waals surface area contributed by atoms with Crippen LogP contribution in [0, 0.1) is 0 Å². The van der Waals surface area contributed by atoms with Crippen LogP contribution in [-0.4, -0.2) is 22.4 Å². The molecule has 2 rings (SSSR count). The molecule has 0 saturated heterocycles. The summed E-state index contributed by atoms with van der Waals surface area (Å²) in [6.45, 7) is 3.09. The van der Waals surface area contributed by atoms with Crippen molar-refractivity contribution in [3.8, 4) is 0 Å². The van der Waals surface area contributed by atoms with Gasteiger partial charge < -0.3 is 10.6 Å². The van der Waals surface area contributed by atoms with E-state index in [1.54, 1.807) is 18.5 Å². The Hall–Kier alpha value is -2.14. The number of carbonyl (C=O) groups excluding carboxylic acids is 1. The second-order valence-electron chi connectivity index (χ2n) is 4.12. The first-order valence-electron chi connectivity index (χ1n) is 6.27. The number of amides is 1. The highest BCUT2D eigenvalue weighted by Gasteiger charge is 2.11. The molecule has 2 heterocycles. The Labute approximate surface area is 122 Å².